The first-order valence-electron chi connectivity index (χ1n) is 8.29. The van der Waals surface area contributed by atoms with Crippen LogP contribution in [-0.2, 0) is 17.0 Å². The number of hydrogen-bond acceptors (Lipinski definition) is 6. The van der Waals surface area contributed by atoms with Crippen molar-refractivity contribution >= 4 is 23.4 Å². The number of thioether (sulfide) groups is 1. The maximum atomic E-state index is 12.0. The summed E-state index contributed by atoms with van der Waals surface area (Å²) in [6.07, 6.45) is 3.75. The van der Waals surface area contributed by atoms with Crippen molar-refractivity contribution < 1.29 is 9.15 Å². The summed E-state index contributed by atoms with van der Waals surface area (Å²) in [5, 5.41) is 7.88. The van der Waals surface area contributed by atoms with Crippen molar-refractivity contribution in [1.82, 2.24) is 19.7 Å². The number of aromatic nitrogens is 4. The maximum absolute atomic E-state index is 12.0. The summed E-state index contributed by atoms with van der Waals surface area (Å²) < 4.78 is 13.0. The first-order chi connectivity index (χ1) is 12.7. The van der Waals surface area contributed by atoms with Crippen LogP contribution in [-0.4, -0.2) is 32.5 Å². The second-order valence-electron chi connectivity index (χ2n) is 5.97. The Bertz CT molecular complexity index is 928. The number of nitrogens with zero attached hydrogens (tertiary/aromatic N) is 3. The Hall–Kier alpha value is -2.03. The van der Waals surface area contributed by atoms with Crippen LogP contribution in [0.3, 0.4) is 0 Å². The summed E-state index contributed by atoms with van der Waals surface area (Å²) in [4.78, 5) is 16.3. The summed E-state index contributed by atoms with van der Waals surface area (Å²) in [5.74, 6) is 1.72. The van der Waals surface area contributed by atoms with Gasteiger partial charge in [-0.2, -0.15) is 0 Å². The first kappa shape index (κ1) is 17.4. The van der Waals surface area contributed by atoms with Crippen molar-refractivity contribution in [3.63, 3.8) is 0 Å². The van der Waals surface area contributed by atoms with Gasteiger partial charge in [0.15, 0.2) is 10.9 Å². The van der Waals surface area contributed by atoms with Crippen LogP contribution in [0.15, 0.2) is 44.8 Å². The molecule has 0 aliphatic carbocycles. The maximum Gasteiger partial charge on any atom is 0.344 e. The van der Waals surface area contributed by atoms with E-state index >= 15 is 0 Å². The third-order valence-electron chi connectivity index (χ3n) is 4.14. The van der Waals surface area contributed by atoms with Crippen molar-refractivity contribution in [1.29, 1.82) is 0 Å². The van der Waals surface area contributed by atoms with Crippen molar-refractivity contribution in [3.05, 3.63) is 51.9 Å². The van der Waals surface area contributed by atoms with Crippen molar-refractivity contribution in [2.24, 2.45) is 0 Å². The van der Waals surface area contributed by atoms with Gasteiger partial charge in [-0.25, -0.2) is 14.9 Å². The van der Waals surface area contributed by atoms with E-state index in [1.165, 1.54) is 11.8 Å². The van der Waals surface area contributed by atoms with Gasteiger partial charge in [0, 0.05) is 17.2 Å². The van der Waals surface area contributed by atoms with Crippen molar-refractivity contribution in [2.45, 2.75) is 36.4 Å². The van der Waals surface area contributed by atoms with Gasteiger partial charge in [0.2, 0.25) is 5.89 Å². The van der Waals surface area contributed by atoms with Crippen LogP contribution in [0.1, 0.15) is 18.7 Å². The predicted octanol–water partition coefficient (Wildman–Crippen LogP) is 3.35. The van der Waals surface area contributed by atoms with Gasteiger partial charge >= 0.3 is 5.69 Å². The molecule has 0 spiro atoms. The second-order valence-corrected chi connectivity index (χ2v) is 7.35. The normalized spacial score (nSPS) is 17.0. The van der Waals surface area contributed by atoms with Crippen LogP contribution in [0.5, 0.6) is 0 Å². The molecule has 0 saturated carbocycles. The SMILES string of the molecule is O=c1[nH]nc(SCc2ncc(-c3ccc(Cl)cc3)o2)n1CC1CCCO1. The number of hydrogen-bond donors (Lipinski definition) is 1. The zero-order valence-electron chi connectivity index (χ0n) is 13.9. The number of H-pyrrole nitrogens is 1. The molecule has 7 nitrogen and oxygen atoms in total. The minimum Gasteiger partial charge on any atom is -0.440 e. The average Bonchev–Trinajstić information content (AvgIpc) is 3.38. The van der Waals surface area contributed by atoms with E-state index in [0.29, 0.717) is 34.1 Å². The lowest BCUT2D eigenvalue weighted by molar-refractivity contribution is 0.0941. The summed E-state index contributed by atoms with van der Waals surface area (Å²) in [7, 11) is 0. The molecule has 9 heteroatoms. The molecule has 136 valence electrons. The molecule has 1 N–H and O–H groups in total. The van der Waals surface area contributed by atoms with Crippen LogP contribution < -0.4 is 5.69 Å². The van der Waals surface area contributed by atoms with Gasteiger partial charge in [-0.15, -0.1) is 5.10 Å². The molecule has 1 saturated heterocycles. The van der Waals surface area contributed by atoms with Gasteiger partial charge in [0.1, 0.15) is 0 Å². The lowest BCUT2D eigenvalue weighted by Gasteiger charge is -2.10. The van der Waals surface area contributed by atoms with E-state index < -0.39 is 0 Å². The molecule has 2 aromatic heterocycles. The summed E-state index contributed by atoms with van der Waals surface area (Å²) >= 11 is 7.31. The van der Waals surface area contributed by atoms with Crippen molar-refractivity contribution in [3.8, 4) is 11.3 Å². The Morgan fingerprint density at radius 2 is 2.19 bits per heavy atom. The third-order valence-corrected chi connectivity index (χ3v) is 5.35. The quantitative estimate of drug-likeness (QED) is 0.647. The lowest BCUT2D eigenvalue weighted by atomic mass is 10.2. The number of rotatable bonds is 6. The largest absolute Gasteiger partial charge is 0.440 e. The standard InChI is InChI=1S/C17H17ClN4O3S/c18-12-5-3-11(4-6-12)14-8-19-15(25-14)10-26-17-21-20-16(23)22(17)9-13-2-1-7-24-13/h3-6,8,13H,1-2,7,9-10H2,(H,20,23). The minimum atomic E-state index is -0.225. The van der Waals surface area contributed by atoms with Gasteiger partial charge in [-0.3, -0.25) is 4.57 Å². The molecule has 1 aliphatic rings. The molecule has 1 aromatic carbocycles. The molecule has 1 fully saturated rings. The Labute approximate surface area is 158 Å². The number of aromatic amines is 1. The van der Waals surface area contributed by atoms with Gasteiger partial charge in [-0.05, 0) is 37.1 Å². The molecular weight excluding hydrogens is 376 g/mol. The summed E-state index contributed by atoms with van der Waals surface area (Å²) in [5.41, 5.74) is 0.686. The fourth-order valence-corrected chi connectivity index (χ4v) is 3.75. The smallest absolute Gasteiger partial charge is 0.344 e. The molecule has 4 rings (SSSR count). The van der Waals surface area contributed by atoms with E-state index in [1.54, 1.807) is 22.9 Å². The number of nitrogens with one attached hydrogen (secondary N) is 1. The molecule has 0 amide bonds. The number of halogens is 1. The highest BCUT2D eigenvalue weighted by Gasteiger charge is 2.20. The zero-order valence-corrected chi connectivity index (χ0v) is 15.4. The average molecular weight is 393 g/mol. The van der Waals surface area contributed by atoms with E-state index in [4.69, 9.17) is 20.8 Å². The van der Waals surface area contributed by atoms with Crippen LogP contribution in [0.4, 0.5) is 0 Å². The molecular formula is C17H17ClN4O3S. The summed E-state index contributed by atoms with van der Waals surface area (Å²) in [6.45, 7) is 1.27. The Morgan fingerprint density at radius 3 is 2.96 bits per heavy atom. The first-order valence-corrected chi connectivity index (χ1v) is 9.65. The van der Waals surface area contributed by atoms with E-state index in [2.05, 4.69) is 15.2 Å². The van der Waals surface area contributed by atoms with Crippen molar-refractivity contribution in [2.75, 3.05) is 6.61 Å². The van der Waals surface area contributed by atoms with Crippen LogP contribution in [0.25, 0.3) is 11.3 Å². The molecule has 1 atom stereocenters. The van der Waals surface area contributed by atoms with Gasteiger partial charge in [0.05, 0.1) is 24.6 Å². The number of ether oxygens (including phenoxy) is 1. The van der Waals surface area contributed by atoms with Gasteiger partial charge in [0.25, 0.3) is 0 Å². The fourth-order valence-electron chi connectivity index (χ4n) is 2.82. The monoisotopic (exact) mass is 392 g/mol. The Morgan fingerprint density at radius 1 is 1.35 bits per heavy atom. The predicted molar refractivity (Wildman–Crippen MR) is 98.3 cm³/mol. The highest BCUT2D eigenvalue weighted by atomic mass is 35.5. The highest BCUT2D eigenvalue weighted by Crippen LogP contribution is 2.26. The Balaban J connectivity index is 1.43. The molecule has 3 heterocycles. The molecule has 26 heavy (non-hydrogen) atoms. The fraction of sp³-hybridized carbons (Fsp3) is 0.353. The summed E-state index contributed by atoms with van der Waals surface area (Å²) in [6, 6.07) is 7.38. The second kappa shape index (κ2) is 7.69. The zero-order chi connectivity index (χ0) is 17.9. The van der Waals surface area contributed by atoms with Crippen LogP contribution in [0, 0.1) is 0 Å². The topological polar surface area (TPSA) is 85.9 Å². The lowest BCUT2D eigenvalue weighted by Crippen LogP contribution is -2.24. The molecule has 0 bridgehead atoms. The molecule has 1 unspecified atom stereocenters. The molecule has 0 radical (unpaired) electrons. The van der Waals surface area contributed by atoms with Gasteiger partial charge in [-0.1, -0.05) is 23.4 Å². The van der Waals surface area contributed by atoms with E-state index in [1.807, 2.05) is 12.1 Å². The van der Waals surface area contributed by atoms with E-state index in [0.717, 1.165) is 25.0 Å². The Kier molecular flexibility index (Phi) is 5.14. The third kappa shape index (κ3) is 3.87. The van der Waals surface area contributed by atoms with E-state index in [9.17, 15) is 4.79 Å². The number of oxazole rings is 1. The van der Waals surface area contributed by atoms with Crippen LogP contribution >= 0.6 is 23.4 Å². The highest BCUT2D eigenvalue weighted by molar-refractivity contribution is 7.98. The van der Waals surface area contributed by atoms with Gasteiger partial charge < -0.3 is 9.15 Å². The molecule has 3 aromatic rings. The van der Waals surface area contributed by atoms with E-state index in [-0.39, 0.29) is 11.8 Å². The molecule has 1 aliphatic heterocycles. The number of benzene rings is 1. The van der Waals surface area contributed by atoms with Crippen LogP contribution in [0.2, 0.25) is 5.02 Å². The minimum absolute atomic E-state index is 0.0721.